The largest absolute Gasteiger partial charge is 0.481 e. The van der Waals surface area contributed by atoms with Crippen LogP contribution in [0.15, 0.2) is 53.3 Å². The van der Waals surface area contributed by atoms with Crippen molar-refractivity contribution in [3.63, 3.8) is 0 Å². The van der Waals surface area contributed by atoms with Gasteiger partial charge in [-0.15, -0.1) is 0 Å². The van der Waals surface area contributed by atoms with E-state index in [4.69, 9.17) is 0 Å². The lowest BCUT2D eigenvalue weighted by Crippen LogP contribution is -2.57. The molecule has 2 fully saturated rings. The number of aromatic nitrogens is 1. The van der Waals surface area contributed by atoms with Crippen LogP contribution in [0.5, 0.6) is 0 Å². The lowest BCUT2D eigenvalue weighted by atomic mass is 9.82. The third-order valence-electron chi connectivity index (χ3n) is 7.07. The molecule has 0 spiro atoms. The van der Waals surface area contributed by atoms with E-state index in [0.29, 0.717) is 10.0 Å². The highest BCUT2D eigenvalue weighted by atomic mass is 79.9. The van der Waals surface area contributed by atoms with Gasteiger partial charge in [0, 0.05) is 36.0 Å². The SMILES string of the molecule is O=C(O)CC(NC(=O)C1N(C(=O)c2cncc(Br)c2)CCN1S(=O)(=O)Cc1ccccc1)C1CCCCC1. The monoisotopic (exact) mass is 606 g/mol. The summed E-state index contributed by atoms with van der Waals surface area (Å²) in [7, 11) is -4.01. The Morgan fingerprint density at radius 3 is 2.45 bits per heavy atom. The zero-order chi connectivity index (χ0) is 27.3. The van der Waals surface area contributed by atoms with E-state index in [-0.39, 0.29) is 36.7 Å². The molecule has 0 radical (unpaired) electrons. The third kappa shape index (κ3) is 6.78. The Morgan fingerprint density at radius 1 is 1.08 bits per heavy atom. The van der Waals surface area contributed by atoms with E-state index in [1.807, 2.05) is 0 Å². The molecule has 204 valence electrons. The molecule has 2 aromatic rings. The predicted molar refractivity (Wildman–Crippen MR) is 143 cm³/mol. The number of hydrogen-bond acceptors (Lipinski definition) is 6. The van der Waals surface area contributed by atoms with Gasteiger partial charge >= 0.3 is 5.97 Å². The number of carbonyl (C=O) groups is 3. The summed E-state index contributed by atoms with van der Waals surface area (Å²) in [6, 6.07) is 9.51. The molecule has 2 aliphatic rings. The summed E-state index contributed by atoms with van der Waals surface area (Å²) in [5, 5.41) is 12.3. The molecular formula is C26H31BrN4O6S. The van der Waals surface area contributed by atoms with Gasteiger partial charge in [-0.1, -0.05) is 49.6 Å². The minimum atomic E-state index is -4.01. The van der Waals surface area contributed by atoms with Gasteiger partial charge < -0.3 is 15.3 Å². The number of pyridine rings is 1. The number of carboxylic acids is 1. The number of rotatable bonds is 9. The van der Waals surface area contributed by atoms with Gasteiger partial charge in [-0.2, -0.15) is 4.31 Å². The Labute approximate surface area is 230 Å². The van der Waals surface area contributed by atoms with Gasteiger partial charge in [-0.05, 0) is 46.3 Å². The second-order valence-corrected chi connectivity index (χ2v) is 12.6. The molecule has 1 saturated carbocycles. The zero-order valence-corrected chi connectivity index (χ0v) is 23.2. The number of benzene rings is 1. The fourth-order valence-corrected chi connectivity index (χ4v) is 7.28. The lowest BCUT2D eigenvalue weighted by Gasteiger charge is -2.34. The van der Waals surface area contributed by atoms with Crippen LogP contribution in [-0.4, -0.2) is 70.8 Å². The van der Waals surface area contributed by atoms with Crippen molar-refractivity contribution in [1.29, 1.82) is 0 Å². The molecule has 4 rings (SSSR count). The van der Waals surface area contributed by atoms with Crippen molar-refractivity contribution in [1.82, 2.24) is 19.5 Å². The molecule has 0 bridgehead atoms. The Balaban J connectivity index is 1.65. The molecule has 2 amide bonds. The third-order valence-corrected chi connectivity index (χ3v) is 9.30. The van der Waals surface area contributed by atoms with Gasteiger partial charge in [0.25, 0.3) is 11.8 Å². The van der Waals surface area contributed by atoms with Crippen LogP contribution in [-0.2, 0) is 25.4 Å². The number of carbonyl (C=O) groups excluding carboxylic acids is 2. The number of carboxylic acid groups (broad SMARTS) is 1. The molecule has 1 aromatic carbocycles. The van der Waals surface area contributed by atoms with E-state index in [1.54, 1.807) is 36.4 Å². The van der Waals surface area contributed by atoms with E-state index in [0.717, 1.165) is 36.4 Å². The molecule has 2 N–H and O–H groups in total. The van der Waals surface area contributed by atoms with Gasteiger partial charge in [0.2, 0.25) is 10.0 Å². The number of aliphatic carboxylic acids is 1. The number of nitrogens with zero attached hydrogens (tertiary/aromatic N) is 3. The van der Waals surface area contributed by atoms with E-state index < -0.39 is 40.0 Å². The molecule has 1 aromatic heterocycles. The van der Waals surface area contributed by atoms with E-state index in [1.165, 1.54) is 17.3 Å². The molecule has 38 heavy (non-hydrogen) atoms. The first-order valence-corrected chi connectivity index (χ1v) is 15.0. The average molecular weight is 608 g/mol. The van der Waals surface area contributed by atoms with Gasteiger partial charge in [0.15, 0.2) is 6.17 Å². The summed E-state index contributed by atoms with van der Waals surface area (Å²) in [5.41, 5.74) is 0.757. The van der Waals surface area contributed by atoms with Gasteiger partial charge in [-0.25, -0.2) is 8.42 Å². The van der Waals surface area contributed by atoms with Crippen molar-refractivity contribution < 1.29 is 27.9 Å². The first-order chi connectivity index (χ1) is 18.2. The Kier molecular flexibility index (Phi) is 9.16. The fourth-order valence-electron chi connectivity index (χ4n) is 5.26. The summed E-state index contributed by atoms with van der Waals surface area (Å²) in [4.78, 5) is 44.1. The Bertz CT molecular complexity index is 1270. The van der Waals surface area contributed by atoms with Crippen molar-refractivity contribution in [2.75, 3.05) is 13.1 Å². The van der Waals surface area contributed by atoms with E-state index in [2.05, 4.69) is 26.2 Å². The fraction of sp³-hybridized carbons (Fsp3) is 0.462. The smallest absolute Gasteiger partial charge is 0.305 e. The Hall–Kier alpha value is -2.83. The van der Waals surface area contributed by atoms with Crippen LogP contribution in [0.4, 0.5) is 0 Å². The normalized spacial score (nSPS) is 19.7. The van der Waals surface area contributed by atoms with Crippen molar-refractivity contribution in [2.24, 2.45) is 5.92 Å². The second kappa shape index (κ2) is 12.4. The number of nitrogens with one attached hydrogen (secondary N) is 1. The van der Waals surface area contributed by atoms with Crippen molar-refractivity contribution in [2.45, 2.75) is 56.5 Å². The quantitative estimate of drug-likeness (QED) is 0.447. The molecule has 2 unspecified atom stereocenters. The summed E-state index contributed by atoms with van der Waals surface area (Å²) in [5.74, 6) is -2.65. The van der Waals surface area contributed by atoms with E-state index >= 15 is 0 Å². The standard InChI is InChI=1S/C26H31BrN4O6S/c27-21-13-20(15-28-16-21)26(35)30-11-12-31(38(36,37)17-18-7-3-1-4-8-18)25(30)24(34)29-22(14-23(32)33)19-9-5-2-6-10-19/h1,3-4,7-8,13,15-16,19,22,25H,2,5-6,9-12,14,17H2,(H,29,34)(H,32,33). The molecule has 1 saturated heterocycles. The van der Waals surface area contributed by atoms with Crippen LogP contribution >= 0.6 is 15.9 Å². The van der Waals surface area contributed by atoms with Gasteiger partial charge in [-0.3, -0.25) is 19.4 Å². The van der Waals surface area contributed by atoms with Gasteiger partial charge in [0.1, 0.15) is 0 Å². The first-order valence-electron chi connectivity index (χ1n) is 12.6. The lowest BCUT2D eigenvalue weighted by molar-refractivity contribution is -0.138. The molecule has 10 nitrogen and oxygen atoms in total. The van der Waals surface area contributed by atoms with Crippen LogP contribution in [0.3, 0.4) is 0 Å². The summed E-state index contributed by atoms with van der Waals surface area (Å²) < 4.78 is 28.7. The molecule has 12 heteroatoms. The minimum Gasteiger partial charge on any atom is -0.481 e. The summed E-state index contributed by atoms with van der Waals surface area (Å²) >= 11 is 3.29. The molecule has 1 aliphatic carbocycles. The van der Waals surface area contributed by atoms with Crippen LogP contribution in [0.25, 0.3) is 0 Å². The number of sulfonamides is 1. The average Bonchev–Trinajstić information content (AvgIpc) is 3.35. The highest BCUT2D eigenvalue weighted by Crippen LogP contribution is 2.29. The van der Waals surface area contributed by atoms with Crippen molar-refractivity contribution in [3.8, 4) is 0 Å². The number of halogens is 1. The minimum absolute atomic E-state index is 0.00444. The number of amides is 2. The maximum Gasteiger partial charge on any atom is 0.305 e. The van der Waals surface area contributed by atoms with Crippen LogP contribution in [0.2, 0.25) is 0 Å². The molecule has 1 aliphatic heterocycles. The van der Waals surface area contributed by atoms with Crippen LogP contribution < -0.4 is 5.32 Å². The molecule has 2 heterocycles. The van der Waals surface area contributed by atoms with Gasteiger partial charge in [0.05, 0.1) is 17.7 Å². The maximum atomic E-state index is 13.8. The highest BCUT2D eigenvalue weighted by Gasteiger charge is 2.47. The summed E-state index contributed by atoms with van der Waals surface area (Å²) in [6.07, 6.45) is 5.66. The molecular weight excluding hydrogens is 576 g/mol. The number of hydrogen-bond donors (Lipinski definition) is 2. The highest BCUT2D eigenvalue weighted by molar-refractivity contribution is 9.10. The summed E-state index contributed by atoms with van der Waals surface area (Å²) in [6.45, 7) is -0.0576. The Morgan fingerprint density at radius 2 is 1.79 bits per heavy atom. The predicted octanol–water partition coefficient (Wildman–Crippen LogP) is 3.00. The zero-order valence-electron chi connectivity index (χ0n) is 20.8. The van der Waals surface area contributed by atoms with Crippen molar-refractivity contribution in [3.05, 3.63) is 64.4 Å². The van der Waals surface area contributed by atoms with Crippen molar-refractivity contribution >= 4 is 43.7 Å². The second-order valence-electron chi connectivity index (χ2n) is 9.73. The van der Waals surface area contributed by atoms with Crippen LogP contribution in [0, 0.1) is 5.92 Å². The van der Waals surface area contributed by atoms with E-state index in [9.17, 15) is 27.9 Å². The first kappa shape index (κ1) is 28.2. The van der Waals surface area contributed by atoms with Crippen LogP contribution in [0.1, 0.15) is 54.4 Å². The topological polar surface area (TPSA) is 137 Å². The molecule has 2 atom stereocenters. The maximum absolute atomic E-state index is 13.8.